The lowest BCUT2D eigenvalue weighted by molar-refractivity contribution is -0.385. The lowest BCUT2D eigenvalue weighted by Gasteiger charge is -2.05. The Morgan fingerprint density at radius 3 is 2.90 bits per heavy atom. The largest absolute Gasteiger partial charge is 0.352 e. The molecule has 2 aromatic heterocycles. The average Bonchev–Trinajstić information content (AvgIpc) is 2.84. The molecule has 0 saturated carbocycles. The Hall–Kier alpha value is -1.51. The Bertz CT molecular complexity index is 692. The smallest absolute Gasteiger partial charge is 0.288 e. The van der Waals surface area contributed by atoms with E-state index in [1.807, 2.05) is 12.1 Å². The number of halogens is 2. The monoisotopic (exact) mass is 389 g/mol. The third-order valence-corrected chi connectivity index (χ3v) is 4.55. The SMILES string of the molecule is O=C(NCCc1ccc(Br)s1)c1cc([N+](=O)[O-])cnc1Cl. The van der Waals surface area contributed by atoms with Crippen LogP contribution in [0.1, 0.15) is 15.2 Å². The van der Waals surface area contributed by atoms with Crippen LogP contribution in [-0.4, -0.2) is 22.4 Å². The van der Waals surface area contributed by atoms with Gasteiger partial charge >= 0.3 is 0 Å². The summed E-state index contributed by atoms with van der Waals surface area (Å²) in [5.74, 6) is -0.480. The number of pyridine rings is 1. The molecule has 0 aromatic carbocycles. The van der Waals surface area contributed by atoms with Gasteiger partial charge < -0.3 is 5.32 Å². The van der Waals surface area contributed by atoms with Gasteiger partial charge in [0.05, 0.1) is 14.3 Å². The molecule has 1 amide bonds. The van der Waals surface area contributed by atoms with Crippen molar-refractivity contribution in [2.24, 2.45) is 0 Å². The Morgan fingerprint density at radius 1 is 1.52 bits per heavy atom. The summed E-state index contributed by atoms with van der Waals surface area (Å²) in [7, 11) is 0. The van der Waals surface area contributed by atoms with Crippen molar-refractivity contribution in [3.8, 4) is 0 Å². The number of nitrogens with one attached hydrogen (secondary N) is 1. The fourth-order valence-corrected chi connectivity index (χ4v) is 3.25. The van der Waals surface area contributed by atoms with Crippen molar-refractivity contribution in [2.45, 2.75) is 6.42 Å². The fourth-order valence-electron chi connectivity index (χ4n) is 1.58. The molecule has 0 aliphatic carbocycles. The molecular formula is C12H9BrClN3O3S. The van der Waals surface area contributed by atoms with Crippen molar-refractivity contribution < 1.29 is 9.72 Å². The number of hydrogen-bond donors (Lipinski definition) is 1. The van der Waals surface area contributed by atoms with Crippen molar-refractivity contribution in [1.29, 1.82) is 0 Å². The van der Waals surface area contributed by atoms with Crippen LogP contribution in [0.3, 0.4) is 0 Å². The quantitative estimate of drug-likeness (QED) is 0.481. The van der Waals surface area contributed by atoms with Gasteiger partial charge in [-0.2, -0.15) is 0 Å². The minimum absolute atomic E-state index is 0.00164. The van der Waals surface area contributed by atoms with Crippen LogP contribution < -0.4 is 5.32 Å². The van der Waals surface area contributed by atoms with Gasteiger partial charge in [0.15, 0.2) is 0 Å². The van der Waals surface area contributed by atoms with Crippen molar-refractivity contribution in [3.05, 3.63) is 53.9 Å². The van der Waals surface area contributed by atoms with Gasteiger partial charge in [-0.05, 0) is 34.5 Å². The van der Waals surface area contributed by atoms with E-state index in [-0.39, 0.29) is 16.4 Å². The summed E-state index contributed by atoms with van der Waals surface area (Å²) in [5, 5.41) is 13.3. The first-order valence-corrected chi connectivity index (χ1v) is 7.78. The van der Waals surface area contributed by atoms with Gasteiger partial charge in [0.2, 0.25) is 0 Å². The lowest BCUT2D eigenvalue weighted by atomic mass is 10.2. The van der Waals surface area contributed by atoms with Crippen LogP contribution in [0.2, 0.25) is 5.15 Å². The number of amides is 1. The molecule has 1 N–H and O–H groups in total. The van der Waals surface area contributed by atoms with E-state index in [1.165, 1.54) is 0 Å². The van der Waals surface area contributed by atoms with Gasteiger partial charge in [-0.1, -0.05) is 11.6 Å². The zero-order valence-electron chi connectivity index (χ0n) is 10.5. The molecule has 2 aromatic rings. The molecule has 6 nitrogen and oxygen atoms in total. The van der Waals surface area contributed by atoms with Gasteiger partial charge in [0, 0.05) is 17.5 Å². The minimum atomic E-state index is -0.622. The predicted molar refractivity (Wildman–Crippen MR) is 84.0 cm³/mol. The molecule has 0 fully saturated rings. The lowest BCUT2D eigenvalue weighted by Crippen LogP contribution is -2.26. The van der Waals surface area contributed by atoms with E-state index in [2.05, 4.69) is 26.2 Å². The van der Waals surface area contributed by atoms with Gasteiger partial charge in [-0.3, -0.25) is 14.9 Å². The molecule has 0 aliphatic heterocycles. The first kappa shape index (κ1) is 15.9. The van der Waals surface area contributed by atoms with E-state index in [0.29, 0.717) is 13.0 Å². The highest BCUT2D eigenvalue weighted by Crippen LogP contribution is 2.22. The van der Waals surface area contributed by atoms with Crippen LogP contribution in [0, 0.1) is 10.1 Å². The number of hydrogen-bond acceptors (Lipinski definition) is 5. The zero-order valence-corrected chi connectivity index (χ0v) is 13.7. The summed E-state index contributed by atoms with van der Waals surface area (Å²) in [5.41, 5.74) is -0.273. The molecule has 9 heteroatoms. The van der Waals surface area contributed by atoms with Crippen LogP contribution in [0.25, 0.3) is 0 Å². The Kier molecular flexibility index (Phi) is 5.27. The number of thiophene rings is 1. The zero-order chi connectivity index (χ0) is 15.4. The number of carbonyl (C=O) groups excluding carboxylic acids is 1. The van der Waals surface area contributed by atoms with Crippen LogP contribution in [0.5, 0.6) is 0 Å². The maximum atomic E-state index is 12.0. The molecule has 110 valence electrons. The third kappa shape index (κ3) is 4.23. The summed E-state index contributed by atoms with van der Waals surface area (Å²) >= 11 is 10.7. The van der Waals surface area contributed by atoms with Crippen molar-refractivity contribution >= 4 is 50.5 Å². The highest BCUT2D eigenvalue weighted by molar-refractivity contribution is 9.11. The van der Waals surface area contributed by atoms with E-state index >= 15 is 0 Å². The molecule has 0 saturated heterocycles. The Balaban J connectivity index is 1.99. The summed E-state index contributed by atoms with van der Waals surface area (Å²) in [6, 6.07) is 5.01. The van der Waals surface area contributed by atoms with E-state index in [4.69, 9.17) is 11.6 Å². The van der Waals surface area contributed by atoms with Gasteiger partial charge in [-0.25, -0.2) is 4.98 Å². The first-order valence-electron chi connectivity index (χ1n) is 5.79. The second kappa shape index (κ2) is 6.97. The third-order valence-electron chi connectivity index (χ3n) is 2.57. The number of aromatic nitrogens is 1. The Labute approximate surface area is 137 Å². The average molecular weight is 391 g/mol. The molecule has 2 rings (SSSR count). The first-order chi connectivity index (χ1) is 9.97. The fraction of sp³-hybridized carbons (Fsp3) is 0.167. The Morgan fingerprint density at radius 2 is 2.29 bits per heavy atom. The second-order valence-electron chi connectivity index (χ2n) is 4.00. The van der Waals surface area contributed by atoms with Crippen LogP contribution in [0.4, 0.5) is 5.69 Å². The molecule has 0 atom stereocenters. The van der Waals surface area contributed by atoms with E-state index in [0.717, 1.165) is 20.9 Å². The number of nitro groups is 1. The molecule has 0 aliphatic rings. The van der Waals surface area contributed by atoms with E-state index < -0.39 is 10.8 Å². The normalized spacial score (nSPS) is 10.4. The summed E-state index contributed by atoms with van der Waals surface area (Å²) in [6.45, 7) is 0.408. The number of nitrogens with zero attached hydrogens (tertiary/aromatic N) is 2. The predicted octanol–water partition coefficient (Wildman–Crippen LogP) is 3.44. The maximum Gasteiger partial charge on any atom is 0.288 e. The van der Waals surface area contributed by atoms with Gasteiger partial charge in [-0.15, -0.1) is 11.3 Å². The minimum Gasteiger partial charge on any atom is -0.352 e. The molecular weight excluding hydrogens is 382 g/mol. The van der Waals surface area contributed by atoms with Crippen LogP contribution in [0.15, 0.2) is 28.2 Å². The number of carbonyl (C=O) groups is 1. The summed E-state index contributed by atoms with van der Waals surface area (Å²) < 4.78 is 1.02. The van der Waals surface area contributed by atoms with Crippen LogP contribution >= 0.6 is 38.9 Å². The summed E-state index contributed by atoms with van der Waals surface area (Å²) in [6.07, 6.45) is 1.68. The molecule has 0 radical (unpaired) electrons. The van der Waals surface area contributed by atoms with Crippen molar-refractivity contribution in [2.75, 3.05) is 6.54 Å². The second-order valence-corrected chi connectivity index (χ2v) is 6.91. The van der Waals surface area contributed by atoms with E-state index in [9.17, 15) is 14.9 Å². The number of rotatable bonds is 5. The van der Waals surface area contributed by atoms with Crippen molar-refractivity contribution in [1.82, 2.24) is 10.3 Å². The van der Waals surface area contributed by atoms with Crippen LogP contribution in [-0.2, 0) is 6.42 Å². The standard InChI is InChI=1S/C12H9BrClN3O3S/c13-10-2-1-8(21-10)3-4-15-12(18)9-5-7(17(19)20)6-16-11(9)14/h1-2,5-6H,3-4H2,(H,15,18). The van der Waals surface area contributed by atoms with Crippen molar-refractivity contribution in [3.63, 3.8) is 0 Å². The van der Waals surface area contributed by atoms with Gasteiger partial charge in [0.1, 0.15) is 11.3 Å². The highest BCUT2D eigenvalue weighted by atomic mass is 79.9. The maximum absolute atomic E-state index is 12.0. The summed E-state index contributed by atoms with van der Waals surface area (Å²) in [4.78, 5) is 26.8. The molecule has 2 heterocycles. The highest BCUT2D eigenvalue weighted by Gasteiger charge is 2.16. The molecule has 0 spiro atoms. The molecule has 0 unspecified atom stereocenters. The molecule has 0 bridgehead atoms. The topological polar surface area (TPSA) is 85.1 Å². The van der Waals surface area contributed by atoms with E-state index in [1.54, 1.807) is 11.3 Å². The van der Waals surface area contributed by atoms with Gasteiger partial charge in [0.25, 0.3) is 11.6 Å². The molecule has 21 heavy (non-hydrogen) atoms.